The van der Waals surface area contributed by atoms with Gasteiger partial charge >= 0.3 is 5.97 Å². The SMILES string of the molecule is C.C.C=C(C)CC(C)(C)C(=O)OC.C=C(C)CC(C)(C)CO. The molecule has 0 rings (SSSR count). The summed E-state index contributed by atoms with van der Waals surface area (Å²) in [5, 5.41) is 8.80. The third-order valence-corrected chi connectivity index (χ3v) is 2.69. The van der Waals surface area contributed by atoms with Crippen LogP contribution in [-0.4, -0.2) is 24.8 Å². The zero-order valence-electron chi connectivity index (χ0n) is 14.3. The molecule has 0 heterocycles. The van der Waals surface area contributed by atoms with Crippen LogP contribution < -0.4 is 0 Å². The molecule has 0 aromatic rings. The van der Waals surface area contributed by atoms with Crippen LogP contribution in [0.3, 0.4) is 0 Å². The van der Waals surface area contributed by atoms with Crippen LogP contribution >= 0.6 is 0 Å². The van der Waals surface area contributed by atoms with Gasteiger partial charge in [0, 0.05) is 6.61 Å². The van der Waals surface area contributed by atoms with E-state index in [1.807, 2.05) is 41.5 Å². The van der Waals surface area contributed by atoms with Crippen molar-refractivity contribution in [2.75, 3.05) is 13.7 Å². The first-order chi connectivity index (χ1) is 8.88. The molecule has 134 valence electrons. The highest BCUT2D eigenvalue weighted by molar-refractivity contribution is 5.76. The first kappa shape index (κ1) is 29.0. The van der Waals surface area contributed by atoms with Gasteiger partial charge in [-0.2, -0.15) is 0 Å². The summed E-state index contributed by atoms with van der Waals surface area (Å²) in [6.45, 7) is 19.4. The fourth-order valence-corrected chi connectivity index (χ4v) is 1.98. The van der Waals surface area contributed by atoms with Crippen LogP contribution in [0.1, 0.15) is 69.2 Å². The van der Waals surface area contributed by atoms with Gasteiger partial charge in [0.05, 0.1) is 12.5 Å². The molecule has 0 radical (unpaired) electrons. The molecule has 0 amide bonds. The minimum absolute atomic E-state index is 0. The van der Waals surface area contributed by atoms with E-state index >= 15 is 0 Å². The van der Waals surface area contributed by atoms with E-state index in [0.29, 0.717) is 6.42 Å². The molecule has 0 saturated heterocycles. The van der Waals surface area contributed by atoms with Gasteiger partial charge in [-0.3, -0.25) is 4.79 Å². The van der Waals surface area contributed by atoms with Crippen LogP contribution in [0.25, 0.3) is 0 Å². The highest BCUT2D eigenvalue weighted by Crippen LogP contribution is 2.25. The zero-order chi connectivity index (χ0) is 16.6. The quantitative estimate of drug-likeness (QED) is 0.527. The van der Waals surface area contributed by atoms with Crippen molar-refractivity contribution < 1.29 is 14.6 Å². The summed E-state index contributed by atoms with van der Waals surface area (Å²) in [7, 11) is 1.41. The molecule has 22 heavy (non-hydrogen) atoms. The van der Waals surface area contributed by atoms with Crippen LogP contribution in [0.4, 0.5) is 0 Å². The van der Waals surface area contributed by atoms with E-state index in [9.17, 15) is 4.79 Å². The molecule has 0 aliphatic carbocycles. The van der Waals surface area contributed by atoms with E-state index in [-0.39, 0.29) is 32.8 Å². The predicted octanol–water partition coefficient (Wildman–Crippen LogP) is 5.40. The summed E-state index contributed by atoms with van der Waals surface area (Å²) in [5.74, 6) is -0.180. The lowest BCUT2D eigenvalue weighted by Crippen LogP contribution is -2.25. The molecule has 0 saturated carbocycles. The molecule has 0 bridgehead atoms. The zero-order valence-corrected chi connectivity index (χ0v) is 14.3. The van der Waals surface area contributed by atoms with E-state index in [4.69, 9.17) is 5.11 Å². The Bertz CT molecular complexity index is 339. The number of ether oxygens (including phenoxy) is 1. The molecule has 0 aromatic heterocycles. The molecule has 0 fully saturated rings. The first-order valence-corrected chi connectivity index (χ1v) is 6.86. The molecule has 3 heteroatoms. The summed E-state index contributed by atoms with van der Waals surface area (Å²) in [6, 6.07) is 0. The minimum atomic E-state index is -0.430. The largest absolute Gasteiger partial charge is 0.469 e. The van der Waals surface area contributed by atoms with E-state index in [1.54, 1.807) is 0 Å². The fourth-order valence-electron chi connectivity index (χ4n) is 1.98. The van der Waals surface area contributed by atoms with Crippen molar-refractivity contribution in [3.63, 3.8) is 0 Å². The third-order valence-electron chi connectivity index (χ3n) is 2.69. The standard InChI is InChI=1S/C9H16O2.C8H16O.2CH4/c1-7(2)6-9(3,4)8(10)11-5;1-7(2)5-8(3,4)6-9;;/h1,6H2,2-5H3;9H,1,5-6H2,2-4H3;2*1H4. The van der Waals surface area contributed by atoms with E-state index in [1.165, 1.54) is 7.11 Å². The number of allylic oxidation sites excluding steroid dienone is 2. The van der Waals surface area contributed by atoms with Gasteiger partial charge in [0.25, 0.3) is 0 Å². The second-order valence-corrected chi connectivity index (χ2v) is 6.97. The van der Waals surface area contributed by atoms with Gasteiger partial charge in [0.2, 0.25) is 0 Å². The van der Waals surface area contributed by atoms with Crippen molar-refractivity contribution in [3.05, 3.63) is 24.3 Å². The molecule has 1 N–H and O–H groups in total. The second kappa shape index (κ2) is 12.5. The Hall–Kier alpha value is -1.09. The fraction of sp³-hybridized carbons (Fsp3) is 0.737. The summed E-state index contributed by atoms with van der Waals surface area (Å²) >= 11 is 0. The van der Waals surface area contributed by atoms with Crippen LogP contribution in [0, 0.1) is 10.8 Å². The van der Waals surface area contributed by atoms with Crippen LogP contribution in [0.5, 0.6) is 0 Å². The Balaban J connectivity index is -0.000000137. The average Bonchev–Trinajstić information content (AvgIpc) is 2.25. The highest BCUT2D eigenvalue weighted by atomic mass is 16.5. The lowest BCUT2D eigenvalue weighted by atomic mass is 9.87. The maximum atomic E-state index is 11.1. The number of hydrogen-bond acceptors (Lipinski definition) is 3. The van der Waals surface area contributed by atoms with Gasteiger partial charge < -0.3 is 9.84 Å². The number of carbonyl (C=O) groups excluding carboxylic acids is 1. The van der Waals surface area contributed by atoms with Gasteiger partial charge in [0.1, 0.15) is 0 Å². The molecule has 3 nitrogen and oxygen atoms in total. The maximum Gasteiger partial charge on any atom is 0.311 e. The highest BCUT2D eigenvalue weighted by Gasteiger charge is 2.28. The third kappa shape index (κ3) is 15.3. The lowest BCUT2D eigenvalue weighted by Gasteiger charge is -2.20. The molecule has 0 aliphatic heterocycles. The maximum absolute atomic E-state index is 11.1. The van der Waals surface area contributed by atoms with Gasteiger partial charge in [0.15, 0.2) is 0 Å². The second-order valence-electron chi connectivity index (χ2n) is 6.97. The number of rotatable bonds is 6. The molecule has 0 aliphatic rings. The smallest absolute Gasteiger partial charge is 0.311 e. The lowest BCUT2D eigenvalue weighted by molar-refractivity contribution is -0.150. The van der Waals surface area contributed by atoms with Crippen molar-refractivity contribution >= 4 is 5.97 Å². The van der Waals surface area contributed by atoms with Gasteiger partial charge in [-0.05, 0) is 46.0 Å². The summed E-state index contributed by atoms with van der Waals surface area (Å²) in [6.07, 6.45) is 1.59. The van der Waals surface area contributed by atoms with Gasteiger partial charge in [-0.1, -0.05) is 39.8 Å². The molecule has 0 aromatic carbocycles. The van der Waals surface area contributed by atoms with Crippen molar-refractivity contribution in [2.45, 2.75) is 69.2 Å². The summed E-state index contributed by atoms with van der Waals surface area (Å²) in [4.78, 5) is 11.1. The Morgan fingerprint density at radius 1 is 1.00 bits per heavy atom. The normalized spacial score (nSPS) is 10.2. The molecular weight excluding hydrogens is 276 g/mol. The number of esters is 1. The first-order valence-electron chi connectivity index (χ1n) is 6.86. The molecular formula is C19H40O3. The number of aliphatic hydroxyl groups is 1. The van der Waals surface area contributed by atoms with E-state index < -0.39 is 5.41 Å². The number of hydrogen-bond donors (Lipinski definition) is 1. The Morgan fingerprint density at radius 3 is 1.55 bits per heavy atom. The van der Waals surface area contributed by atoms with Gasteiger partial charge in [-0.25, -0.2) is 0 Å². The molecule has 0 spiro atoms. The molecule has 0 unspecified atom stereocenters. The van der Waals surface area contributed by atoms with Crippen LogP contribution in [0.15, 0.2) is 24.3 Å². The monoisotopic (exact) mass is 316 g/mol. The van der Waals surface area contributed by atoms with E-state index in [2.05, 4.69) is 17.9 Å². The summed E-state index contributed by atoms with van der Waals surface area (Å²) < 4.78 is 4.64. The van der Waals surface area contributed by atoms with Crippen molar-refractivity contribution in [2.24, 2.45) is 10.8 Å². The Kier molecular flexibility index (Phi) is 16.4. The van der Waals surface area contributed by atoms with E-state index in [0.717, 1.165) is 17.6 Å². The molecule has 0 atom stereocenters. The van der Waals surface area contributed by atoms with Crippen LogP contribution in [0.2, 0.25) is 0 Å². The predicted molar refractivity (Wildman–Crippen MR) is 99.0 cm³/mol. The number of aliphatic hydroxyl groups excluding tert-OH is 1. The van der Waals surface area contributed by atoms with Gasteiger partial charge in [-0.15, -0.1) is 13.2 Å². The number of carbonyl (C=O) groups is 1. The number of methoxy groups -OCH3 is 1. The average molecular weight is 317 g/mol. The summed E-state index contributed by atoms with van der Waals surface area (Å²) in [5.41, 5.74) is 1.72. The van der Waals surface area contributed by atoms with Crippen molar-refractivity contribution in [1.29, 1.82) is 0 Å². The van der Waals surface area contributed by atoms with Crippen molar-refractivity contribution in [3.8, 4) is 0 Å². The topological polar surface area (TPSA) is 46.5 Å². The Morgan fingerprint density at radius 2 is 1.36 bits per heavy atom. The Labute approximate surface area is 139 Å². The van der Waals surface area contributed by atoms with Crippen LogP contribution in [-0.2, 0) is 9.53 Å². The van der Waals surface area contributed by atoms with Crippen molar-refractivity contribution in [1.82, 2.24) is 0 Å². The minimum Gasteiger partial charge on any atom is -0.469 e.